The van der Waals surface area contributed by atoms with Crippen LogP contribution in [0.5, 0.6) is 11.5 Å². The molecule has 5 rings (SSSR count). The summed E-state index contributed by atoms with van der Waals surface area (Å²) < 4.78 is 0. The minimum atomic E-state index is -0.502. The van der Waals surface area contributed by atoms with Crippen molar-refractivity contribution in [3.63, 3.8) is 0 Å². The van der Waals surface area contributed by atoms with Crippen molar-refractivity contribution in [1.29, 1.82) is 0 Å². The predicted octanol–water partition coefficient (Wildman–Crippen LogP) is 5.20. The van der Waals surface area contributed by atoms with Crippen molar-refractivity contribution >= 4 is 17.5 Å². The first-order valence-electron chi connectivity index (χ1n) is 10.1. The van der Waals surface area contributed by atoms with Crippen molar-refractivity contribution in [2.75, 3.05) is 0 Å². The van der Waals surface area contributed by atoms with Crippen molar-refractivity contribution < 1.29 is 15.0 Å². The number of aromatic amines is 1. The summed E-state index contributed by atoms with van der Waals surface area (Å²) >= 11 is 6.18. The van der Waals surface area contributed by atoms with Crippen molar-refractivity contribution in [2.45, 2.75) is 19.5 Å². The highest BCUT2D eigenvalue weighted by atomic mass is 35.5. The molecule has 2 heterocycles. The monoisotopic (exact) mass is 445 g/mol. The van der Waals surface area contributed by atoms with Crippen LogP contribution in [-0.4, -0.2) is 31.2 Å². The van der Waals surface area contributed by atoms with Gasteiger partial charge >= 0.3 is 0 Å². The van der Waals surface area contributed by atoms with Crippen LogP contribution in [0.3, 0.4) is 0 Å². The van der Waals surface area contributed by atoms with E-state index in [1.807, 2.05) is 37.3 Å². The van der Waals surface area contributed by atoms with Gasteiger partial charge in [0.25, 0.3) is 5.91 Å². The number of carbonyl (C=O) groups excluding carboxylic acids is 1. The standard InChI is InChI=1S/C25H20ClN3O3/c1-14-5-7-15(8-6-14)13-29-24(16-3-2-4-18(30)11-16)21-22(27-28-23(21)25(29)32)19-12-17(26)9-10-20(19)31/h2-12,24,30-31H,13H2,1H3,(H,27,28). The molecule has 1 atom stereocenters. The SMILES string of the molecule is Cc1ccc(CN2C(=O)c3[nH]nc(-c4cc(Cl)ccc4O)c3C2c2cccc(O)c2)cc1. The number of nitrogens with one attached hydrogen (secondary N) is 1. The first kappa shape index (κ1) is 20.2. The third-order valence-electron chi connectivity index (χ3n) is 5.74. The van der Waals surface area contributed by atoms with Crippen molar-refractivity contribution in [1.82, 2.24) is 15.1 Å². The van der Waals surface area contributed by atoms with Gasteiger partial charge in [-0.05, 0) is 48.4 Å². The molecule has 1 aromatic heterocycles. The Morgan fingerprint density at radius 1 is 1.06 bits per heavy atom. The average Bonchev–Trinajstić information content (AvgIpc) is 3.31. The summed E-state index contributed by atoms with van der Waals surface area (Å²) in [6, 6.07) is 19.1. The van der Waals surface area contributed by atoms with E-state index in [-0.39, 0.29) is 17.4 Å². The van der Waals surface area contributed by atoms with E-state index >= 15 is 0 Å². The van der Waals surface area contributed by atoms with E-state index in [0.29, 0.717) is 34.1 Å². The number of nitrogens with zero attached hydrogens (tertiary/aromatic N) is 2. The summed E-state index contributed by atoms with van der Waals surface area (Å²) in [5.74, 6) is -0.0775. The molecule has 1 amide bonds. The van der Waals surface area contributed by atoms with E-state index in [1.165, 1.54) is 6.07 Å². The maximum absolute atomic E-state index is 13.4. The fraction of sp³-hybridized carbons (Fsp3) is 0.120. The molecule has 6 nitrogen and oxygen atoms in total. The lowest BCUT2D eigenvalue weighted by Gasteiger charge is -2.26. The first-order chi connectivity index (χ1) is 15.4. The van der Waals surface area contributed by atoms with Crippen LogP contribution in [0.15, 0.2) is 66.7 Å². The highest BCUT2D eigenvalue weighted by molar-refractivity contribution is 6.31. The van der Waals surface area contributed by atoms with Gasteiger partial charge in [0.05, 0.1) is 6.04 Å². The number of amides is 1. The highest BCUT2D eigenvalue weighted by Gasteiger charge is 2.42. The van der Waals surface area contributed by atoms with Gasteiger partial charge in [-0.2, -0.15) is 5.10 Å². The predicted molar refractivity (Wildman–Crippen MR) is 122 cm³/mol. The number of H-pyrrole nitrogens is 1. The topological polar surface area (TPSA) is 89.5 Å². The lowest BCUT2D eigenvalue weighted by atomic mass is 9.95. The van der Waals surface area contributed by atoms with Crippen molar-refractivity contribution in [2.24, 2.45) is 0 Å². The summed E-state index contributed by atoms with van der Waals surface area (Å²) in [5.41, 5.74) is 4.76. The fourth-order valence-electron chi connectivity index (χ4n) is 4.19. The second-order valence-corrected chi connectivity index (χ2v) is 8.37. The Hall–Kier alpha value is -3.77. The Morgan fingerprint density at radius 2 is 1.84 bits per heavy atom. The molecule has 4 aromatic rings. The number of hydrogen-bond donors (Lipinski definition) is 3. The summed E-state index contributed by atoms with van der Waals surface area (Å²) in [6.07, 6.45) is 0. The molecule has 0 fully saturated rings. The smallest absolute Gasteiger partial charge is 0.273 e. The summed E-state index contributed by atoms with van der Waals surface area (Å²) in [5, 5.41) is 28.3. The number of benzene rings is 3. The van der Waals surface area contributed by atoms with Crippen molar-refractivity contribution in [3.05, 3.63) is 99.7 Å². The minimum Gasteiger partial charge on any atom is -0.508 e. The Kier molecular flexibility index (Phi) is 4.87. The number of phenolic OH excluding ortho intramolecular Hbond substituents is 2. The van der Waals surface area contributed by atoms with E-state index in [0.717, 1.165) is 16.7 Å². The normalized spacial score (nSPS) is 15.2. The molecule has 0 aliphatic carbocycles. The van der Waals surface area contributed by atoms with Gasteiger partial charge in [0.15, 0.2) is 0 Å². The maximum atomic E-state index is 13.4. The number of aryl methyl sites for hydroxylation is 1. The second-order valence-electron chi connectivity index (χ2n) is 7.94. The van der Waals surface area contributed by atoms with E-state index in [2.05, 4.69) is 10.2 Å². The molecule has 0 radical (unpaired) electrons. The zero-order valence-electron chi connectivity index (χ0n) is 17.2. The van der Waals surface area contributed by atoms with Gasteiger partial charge in [-0.25, -0.2) is 0 Å². The van der Waals surface area contributed by atoms with Gasteiger partial charge in [-0.3, -0.25) is 9.89 Å². The zero-order chi connectivity index (χ0) is 22.4. The number of fused-ring (bicyclic) bond motifs is 1. The Balaban J connectivity index is 1.67. The van der Waals surface area contributed by atoms with Crippen LogP contribution in [0.1, 0.15) is 38.8 Å². The van der Waals surface area contributed by atoms with Crippen LogP contribution in [0.25, 0.3) is 11.3 Å². The van der Waals surface area contributed by atoms with Gasteiger partial charge in [0.2, 0.25) is 0 Å². The molecular weight excluding hydrogens is 426 g/mol. The highest BCUT2D eigenvalue weighted by Crippen LogP contribution is 2.45. The van der Waals surface area contributed by atoms with E-state index < -0.39 is 6.04 Å². The molecule has 3 N–H and O–H groups in total. The van der Waals surface area contributed by atoms with Crippen LogP contribution < -0.4 is 0 Å². The molecule has 7 heteroatoms. The quantitative estimate of drug-likeness (QED) is 0.403. The Labute approximate surface area is 189 Å². The lowest BCUT2D eigenvalue weighted by molar-refractivity contribution is 0.0730. The molecule has 0 saturated carbocycles. The number of aromatic hydroxyl groups is 2. The number of halogens is 1. The van der Waals surface area contributed by atoms with Gasteiger partial charge < -0.3 is 15.1 Å². The molecule has 32 heavy (non-hydrogen) atoms. The summed E-state index contributed by atoms with van der Waals surface area (Å²) in [7, 11) is 0. The number of carbonyl (C=O) groups is 1. The summed E-state index contributed by atoms with van der Waals surface area (Å²) in [6.45, 7) is 2.39. The zero-order valence-corrected chi connectivity index (χ0v) is 18.0. The van der Waals surface area contributed by atoms with E-state index in [9.17, 15) is 15.0 Å². The number of rotatable bonds is 4. The molecule has 0 bridgehead atoms. The summed E-state index contributed by atoms with van der Waals surface area (Å²) in [4.78, 5) is 15.2. The van der Waals surface area contributed by atoms with Gasteiger partial charge in [-0.15, -0.1) is 0 Å². The van der Waals surface area contributed by atoms with Crippen LogP contribution in [-0.2, 0) is 6.54 Å². The molecule has 1 aliphatic rings. The third-order valence-corrected chi connectivity index (χ3v) is 5.97. The Morgan fingerprint density at radius 3 is 2.59 bits per heavy atom. The largest absolute Gasteiger partial charge is 0.508 e. The average molecular weight is 446 g/mol. The van der Waals surface area contributed by atoms with Crippen LogP contribution in [0.2, 0.25) is 5.02 Å². The number of aromatic nitrogens is 2. The molecule has 160 valence electrons. The molecule has 1 aliphatic heterocycles. The van der Waals surface area contributed by atoms with Crippen LogP contribution in [0, 0.1) is 6.92 Å². The number of phenols is 2. The van der Waals surface area contributed by atoms with E-state index in [4.69, 9.17) is 11.6 Å². The van der Waals surface area contributed by atoms with Gasteiger partial charge in [0.1, 0.15) is 22.9 Å². The van der Waals surface area contributed by atoms with Gasteiger partial charge in [0, 0.05) is 22.7 Å². The van der Waals surface area contributed by atoms with Crippen LogP contribution in [0.4, 0.5) is 0 Å². The molecule has 3 aromatic carbocycles. The second kappa shape index (κ2) is 7.73. The first-order valence-corrected chi connectivity index (χ1v) is 10.5. The molecular formula is C25H20ClN3O3. The van der Waals surface area contributed by atoms with Crippen molar-refractivity contribution in [3.8, 4) is 22.8 Å². The van der Waals surface area contributed by atoms with Gasteiger partial charge in [-0.1, -0.05) is 53.6 Å². The fourth-order valence-corrected chi connectivity index (χ4v) is 4.37. The molecule has 1 unspecified atom stereocenters. The van der Waals surface area contributed by atoms with Crippen LogP contribution >= 0.6 is 11.6 Å². The number of hydrogen-bond acceptors (Lipinski definition) is 4. The maximum Gasteiger partial charge on any atom is 0.273 e. The van der Waals surface area contributed by atoms with E-state index in [1.54, 1.807) is 35.2 Å². The molecule has 0 spiro atoms. The Bertz CT molecular complexity index is 1330. The lowest BCUT2D eigenvalue weighted by Crippen LogP contribution is -2.29. The minimum absolute atomic E-state index is 0.0165. The third kappa shape index (κ3) is 3.39. The molecule has 0 saturated heterocycles.